The molecule has 2 aliphatic rings. The molecule has 0 aliphatic carbocycles. The lowest BCUT2D eigenvalue weighted by atomic mass is 10.1. The van der Waals surface area contributed by atoms with Gasteiger partial charge in [0.15, 0.2) is 0 Å². The lowest BCUT2D eigenvalue weighted by Gasteiger charge is -2.31. The van der Waals surface area contributed by atoms with Crippen LogP contribution in [0.15, 0.2) is 23.1 Å². The summed E-state index contributed by atoms with van der Waals surface area (Å²) in [6, 6.07) is 5.60. The van der Waals surface area contributed by atoms with Crippen LogP contribution in [-0.2, 0) is 4.79 Å². The van der Waals surface area contributed by atoms with Crippen LogP contribution in [0.3, 0.4) is 0 Å². The van der Waals surface area contributed by atoms with Crippen molar-refractivity contribution >= 4 is 58.7 Å². The fourth-order valence-electron chi connectivity index (χ4n) is 2.43. The molecule has 0 unspecified atom stereocenters. The van der Waals surface area contributed by atoms with Crippen LogP contribution in [0.2, 0.25) is 5.02 Å². The summed E-state index contributed by atoms with van der Waals surface area (Å²) in [6.07, 6.45) is 1.73. The molecular formula is C14H15Cl2N3O2S. The first kappa shape index (κ1) is 17.1. The van der Waals surface area contributed by atoms with Crippen molar-refractivity contribution in [2.24, 2.45) is 0 Å². The van der Waals surface area contributed by atoms with Crippen LogP contribution in [-0.4, -0.2) is 37.3 Å². The maximum Gasteiger partial charge on any atom is 0.290 e. The van der Waals surface area contributed by atoms with Crippen molar-refractivity contribution in [3.63, 3.8) is 0 Å². The number of amides is 2. The molecular weight excluding hydrogens is 345 g/mol. The summed E-state index contributed by atoms with van der Waals surface area (Å²) in [6.45, 7) is 3.51. The van der Waals surface area contributed by atoms with Crippen LogP contribution in [0.5, 0.6) is 0 Å². The van der Waals surface area contributed by atoms with Gasteiger partial charge in [-0.3, -0.25) is 14.9 Å². The van der Waals surface area contributed by atoms with E-state index in [1.807, 2.05) is 18.2 Å². The number of benzene rings is 1. The second-order valence-electron chi connectivity index (χ2n) is 4.77. The minimum Gasteiger partial charge on any atom is -0.367 e. The molecule has 22 heavy (non-hydrogen) atoms. The highest BCUT2D eigenvalue weighted by Crippen LogP contribution is 2.34. The third kappa shape index (κ3) is 3.57. The summed E-state index contributed by atoms with van der Waals surface area (Å²) < 4.78 is 0. The Morgan fingerprint density at radius 3 is 2.59 bits per heavy atom. The monoisotopic (exact) mass is 359 g/mol. The normalized spacial score (nSPS) is 20.0. The second kappa shape index (κ2) is 7.37. The summed E-state index contributed by atoms with van der Waals surface area (Å²) in [7, 11) is 0. The number of anilines is 1. The average molecular weight is 360 g/mol. The third-order valence-corrected chi connectivity index (χ3v) is 4.50. The van der Waals surface area contributed by atoms with E-state index in [9.17, 15) is 9.59 Å². The topological polar surface area (TPSA) is 61.4 Å². The molecule has 0 spiro atoms. The molecule has 5 nitrogen and oxygen atoms in total. The molecule has 2 heterocycles. The number of piperazine rings is 1. The van der Waals surface area contributed by atoms with Crippen molar-refractivity contribution in [2.75, 3.05) is 31.1 Å². The van der Waals surface area contributed by atoms with Crippen LogP contribution in [0.25, 0.3) is 6.08 Å². The molecule has 118 valence electrons. The smallest absolute Gasteiger partial charge is 0.290 e. The van der Waals surface area contributed by atoms with Crippen LogP contribution in [0.1, 0.15) is 5.56 Å². The summed E-state index contributed by atoms with van der Waals surface area (Å²) >= 11 is 7.26. The minimum absolute atomic E-state index is 0. The fourth-order valence-corrected chi connectivity index (χ4v) is 3.41. The summed E-state index contributed by atoms with van der Waals surface area (Å²) in [4.78, 5) is 25.5. The van der Waals surface area contributed by atoms with E-state index in [4.69, 9.17) is 11.6 Å². The highest BCUT2D eigenvalue weighted by Gasteiger charge is 2.26. The van der Waals surface area contributed by atoms with E-state index < -0.39 is 0 Å². The van der Waals surface area contributed by atoms with Crippen molar-refractivity contribution in [3.05, 3.63) is 33.7 Å². The molecule has 2 amide bonds. The zero-order chi connectivity index (χ0) is 14.8. The summed E-state index contributed by atoms with van der Waals surface area (Å²) in [5.74, 6) is -0.351. The van der Waals surface area contributed by atoms with E-state index in [1.165, 1.54) is 0 Å². The molecule has 1 aromatic carbocycles. The van der Waals surface area contributed by atoms with Gasteiger partial charge < -0.3 is 10.2 Å². The maximum atomic E-state index is 11.7. The van der Waals surface area contributed by atoms with Gasteiger partial charge in [0.05, 0.1) is 15.6 Å². The van der Waals surface area contributed by atoms with Gasteiger partial charge in [0, 0.05) is 31.7 Å². The quantitative estimate of drug-likeness (QED) is 0.794. The Labute approximate surface area is 143 Å². The molecule has 0 radical (unpaired) electrons. The number of nitrogens with one attached hydrogen (secondary N) is 2. The van der Waals surface area contributed by atoms with Gasteiger partial charge in [-0.2, -0.15) is 0 Å². The van der Waals surface area contributed by atoms with Crippen molar-refractivity contribution in [3.8, 4) is 0 Å². The van der Waals surface area contributed by atoms with E-state index in [0.29, 0.717) is 9.93 Å². The number of imide groups is 1. The molecule has 0 aromatic heterocycles. The predicted octanol–water partition coefficient (Wildman–Crippen LogP) is 2.50. The van der Waals surface area contributed by atoms with Gasteiger partial charge in [-0.1, -0.05) is 23.7 Å². The average Bonchev–Trinajstić information content (AvgIpc) is 2.78. The van der Waals surface area contributed by atoms with Gasteiger partial charge >= 0.3 is 0 Å². The molecule has 2 aliphatic heterocycles. The lowest BCUT2D eigenvalue weighted by molar-refractivity contribution is -0.115. The minimum atomic E-state index is -0.351. The second-order valence-corrected chi connectivity index (χ2v) is 6.19. The Balaban J connectivity index is 0.00000176. The number of carbonyl (C=O) groups is 2. The van der Waals surface area contributed by atoms with Gasteiger partial charge in [0.1, 0.15) is 0 Å². The first-order valence-electron chi connectivity index (χ1n) is 6.64. The van der Waals surface area contributed by atoms with Gasteiger partial charge in [-0.15, -0.1) is 12.4 Å². The molecule has 2 N–H and O–H groups in total. The zero-order valence-electron chi connectivity index (χ0n) is 11.6. The number of rotatable bonds is 2. The van der Waals surface area contributed by atoms with E-state index in [-0.39, 0.29) is 23.6 Å². The van der Waals surface area contributed by atoms with Gasteiger partial charge in [0.2, 0.25) is 0 Å². The fraction of sp³-hybridized carbons (Fsp3) is 0.286. The Hall–Kier alpha value is -1.21. The van der Waals surface area contributed by atoms with Crippen molar-refractivity contribution in [2.45, 2.75) is 0 Å². The van der Waals surface area contributed by atoms with E-state index in [2.05, 4.69) is 15.5 Å². The zero-order valence-corrected chi connectivity index (χ0v) is 14.0. The van der Waals surface area contributed by atoms with E-state index >= 15 is 0 Å². The maximum absolute atomic E-state index is 11.7. The Morgan fingerprint density at radius 2 is 1.95 bits per heavy atom. The van der Waals surface area contributed by atoms with E-state index in [1.54, 1.807) is 6.08 Å². The van der Waals surface area contributed by atoms with Gasteiger partial charge in [-0.05, 0) is 23.9 Å². The van der Waals surface area contributed by atoms with Crippen molar-refractivity contribution < 1.29 is 9.59 Å². The molecule has 0 bridgehead atoms. The van der Waals surface area contributed by atoms with Crippen LogP contribution in [0.4, 0.5) is 10.5 Å². The SMILES string of the molecule is Cl.O=C1NC(=O)/C(=C/c2cccc(Cl)c2N2CCNCC2)S1. The Bertz CT molecular complexity index is 631. The first-order valence-corrected chi connectivity index (χ1v) is 7.83. The molecule has 0 saturated carbocycles. The van der Waals surface area contributed by atoms with Gasteiger partial charge in [-0.25, -0.2) is 0 Å². The van der Waals surface area contributed by atoms with Gasteiger partial charge in [0.25, 0.3) is 11.1 Å². The number of para-hydroxylation sites is 1. The molecule has 2 fully saturated rings. The summed E-state index contributed by atoms with van der Waals surface area (Å²) in [5.41, 5.74) is 1.78. The Kier molecular flexibility index (Phi) is 5.74. The number of hydrogen-bond acceptors (Lipinski definition) is 5. The Morgan fingerprint density at radius 1 is 1.23 bits per heavy atom. The molecule has 8 heteroatoms. The third-order valence-electron chi connectivity index (χ3n) is 3.38. The van der Waals surface area contributed by atoms with Crippen molar-refractivity contribution in [1.29, 1.82) is 0 Å². The van der Waals surface area contributed by atoms with Crippen molar-refractivity contribution in [1.82, 2.24) is 10.6 Å². The molecule has 0 atom stereocenters. The molecule has 1 aromatic rings. The first-order chi connectivity index (χ1) is 10.1. The highest BCUT2D eigenvalue weighted by atomic mass is 35.5. The summed E-state index contributed by atoms with van der Waals surface area (Å²) in [5, 5.41) is 5.87. The number of hydrogen-bond donors (Lipinski definition) is 2. The molecule has 2 saturated heterocycles. The number of carbonyl (C=O) groups excluding carboxylic acids is 2. The number of nitrogens with zero attached hydrogens (tertiary/aromatic N) is 1. The standard InChI is InChI=1S/C14H14ClN3O2S.ClH/c15-10-3-1-2-9(8-11-13(19)17-14(20)21-11)12(10)18-6-4-16-5-7-18;/h1-3,8,16H,4-7H2,(H,17,19,20);1H/b11-8-;. The highest BCUT2D eigenvalue weighted by molar-refractivity contribution is 8.18. The van der Waals surface area contributed by atoms with Crippen LogP contribution >= 0.6 is 35.8 Å². The van der Waals surface area contributed by atoms with Crippen LogP contribution in [0, 0.1) is 0 Å². The lowest BCUT2D eigenvalue weighted by Crippen LogP contribution is -2.43. The largest absolute Gasteiger partial charge is 0.367 e. The van der Waals surface area contributed by atoms with Crippen LogP contribution < -0.4 is 15.5 Å². The predicted molar refractivity (Wildman–Crippen MR) is 92.9 cm³/mol. The number of thioether (sulfide) groups is 1. The molecule has 3 rings (SSSR count). The van der Waals surface area contributed by atoms with E-state index in [0.717, 1.165) is 49.2 Å². The number of halogens is 2.